The van der Waals surface area contributed by atoms with Gasteiger partial charge in [0, 0.05) is 28.1 Å². The van der Waals surface area contributed by atoms with Gasteiger partial charge in [0.15, 0.2) is 5.13 Å². The molecule has 0 atom stereocenters. The summed E-state index contributed by atoms with van der Waals surface area (Å²) < 4.78 is 0. The lowest BCUT2D eigenvalue weighted by atomic mass is 10.1. The van der Waals surface area contributed by atoms with Crippen molar-refractivity contribution in [2.75, 3.05) is 5.32 Å². The van der Waals surface area contributed by atoms with Crippen molar-refractivity contribution >= 4 is 22.2 Å². The highest BCUT2D eigenvalue weighted by Gasteiger charge is 2.16. The highest BCUT2D eigenvalue weighted by Crippen LogP contribution is 2.32. The summed E-state index contributed by atoms with van der Waals surface area (Å²) in [7, 11) is 0. The van der Waals surface area contributed by atoms with Crippen molar-refractivity contribution in [2.45, 2.75) is 33.2 Å². The number of hydrogen-bond acceptors (Lipinski definition) is 5. The van der Waals surface area contributed by atoms with Crippen LogP contribution in [0.25, 0.3) is 11.3 Å². The van der Waals surface area contributed by atoms with Crippen molar-refractivity contribution in [2.24, 2.45) is 0 Å². The van der Waals surface area contributed by atoms with Gasteiger partial charge in [0.05, 0.1) is 10.6 Å². The maximum atomic E-state index is 10.8. The Balaban J connectivity index is 2.38. The van der Waals surface area contributed by atoms with Crippen LogP contribution in [0.2, 0.25) is 0 Å². The van der Waals surface area contributed by atoms with E-state index in [1.165, 1.54) is 6.07 Å². The van der Waals surface area contributed by atoms with Crippen LogP contribution in [0.15, 0.2) is 24.3 Å². The van der Waals surface area contributed by atoms with Gasteiger partial charge in [0.25, 0.3) is 5.69 Å². The van der Waals surface area contributed by atoms with E-state index in [2.05, 4.69) is 31.1 Å². The number of rotatable bonds is 3. The SMILES string of the molecule is Cc1sc(NC(C)(C)C)nc1-c1cccc([N+](=O)[O-])c1. The topological polar surface area (TPSA) is 68.1 Å². The first kappa shape index (κ1) is 14.5. The molecule has 5 nitrogen and oxygen atoms in total. The van der Waals surface area contributed by atoms with E-state index >= 15 is 0 Å². The van der Waals surface area contributed by atoms with Crippen LogP contribution in [0.5, 0.6) is 0 Å². The minimum atomic E-state index is -0.389. The van der Waals surface area contributed by atoms with Gasteiger partial charge in [-0.05, 0) is 27.7 Å². The zero-order valence-corrected chi connectivity index (χ0v) is 12.7. The summed E-state index contributed by atoms with van der Waals surface area (Å²) in [6, 6.07) is 6.57. The Morgan fingerprint density at radius 3 is 2.65 bits per heavy atom. The summed E-state index contributed by atoms with van der Waals surface area (Å²) in [5.41, 5.74) is 1.59. The quantitative estimate of drug-likeness (QED) is 0.678. The van der Waals surface area contributed by atoms with Crippen LogP contribution in [0.4, 0.5) is 10.8 Å². The molecule has 2 rings (SSSR count). The van der Waals surface area contributed by atoms with Gasteiger partial charge in [0.2, 0.25) is 0 Å². The molecule has 0 fully saturated rings. The van der Waals surface area contributed by atoms with Crippen molar-refractivity contribution in [1.82, 2.24) is 4.98 Å². The average Bonchev–Trinajstić information content (AvgIpc) is 2.68. The third kappa shape index (κ3) is 3.33. The molecule has 2 aromatic rings. The van der Waals surface area contributed by atoms with Gasteiger partial charge in [0.1, 0.15) is 0 Å². The summed E-state index contributed by atoms with van der Waals surface area (Å²) in [4.78, 5) is 16.0. The Hall–Kier alpha value is -1.95. The molecular weight excluding hydrogens is 274 g/mol. The summed E-state index contributed by atoms with van der Waals surface area (Å²) in [6.07, 6.45) is 0. The predicted octanol–water partition coefficient (Wildman–Crippen LogP) is 4.24. The van der Waals surface area contributed by atoms with Gasteiger partial charge in [-0.3, -0.25) is 10.1 Å². The molecular formula is C14H17N3O2S. The van der Waals surface area contributed by atoms with Gasteiger partial charge < -0.3 is 5.32 Å². The molecule has 0 aliphatic carbocycles. The summed E-state index contributed by atoms with van der Waals surface area (Å²) >= 11 is 1.56. The number of aromatic nitrogens is 1. The first-order valence-corrected chi connectivity index (χ1v) is 7.08. The van der Waals surface area contributed by atoms with Crippen molar-refractivity contribution in [3.8, 4) is 11.3 Å². The monoisotopic (exact) mass is 291 g/mol. The van der Waals surface area contributed by atoms with E-state index in [1.54, 1.807) is 23.5 Å². The number of benzene rings is 1. The van der Waals surface area contributed by atoms with Gasteiger partial charge in [-0.2, -0.15) is 0 Å². The number of aryl methyl sites for hydroxylation is 1. The molecule has 20 heavy (non-hydrogen) atoms. The van der Waals surface area contributed by atoms with Crippen molar-refractivity contribution in [3.63, 3.8) is 0 Å². The van der Waals surface area contributed by atoms with Crippen molar-refractivity contribution in [1.29, 1.82) is 0 Å². The molecule has 1 N–H and O–H groups in total. The van der Waals surface area contributed by atoms with Crippen molar-refractivity contribution < 1.29 is 4.92 Å². The Bertz CT molecular complexity index is 644. The first-order valence-electron chi connectivity index (χ1n) is 6.27. The largest absolute Gasteiger partial charge is 0.357 e. The Kier molecular flexibility index (Phi) is 3.76. The zero-order chi connectivity index (χ0) is 14.9. The molecule has 0 radical (unpaired) electrons. The van der Waals surface area contributed by atoms with Crippen LogP contribution in [0, 0.1) is 17.0 Å². The molecule has 1 heterocycles. The molecule has 6 heteroatoms. The predicted molar refractivity (Wildman–Crippen MR) is 82.3 cm³/mol. The third-order valence-corrected chi connectivity index (χ3v) is 3.50. The van der Waals surface area contributed by atoms with E-state index in [0.717, 1.165) is 21.3 Å². The summed E-state index contributed by atoms with van der Waals surface area (Å²) in [5, 5.41) is 15.0. The number of hydrogen-bond donors (Lipinski definition) is 1. The molecule has 0 amide bonds. The lowest BCUT2D eigenvalue weighted by molar-refractivity contribution is -0.384. The fraction of sp³-hybridized carbons (Fsp3) is 0.357. The van der Waals surface area contributed by atoms with Gasteiger partial charge in [-0.15, -0.1) is 11.3 Å². The van der Waals surface area contributed by atoms with Gasteiger partial charge in [-0.1, -0.05) is 12.1 Å². The molecule has 0 spiro atoms. The minimum Gasteiger partial charge on any atom is -0.357 e. The fourth-order valence-electron chi connectivity index (χ4n) is 1.81. The molecule has 0 aliphatic rings. The minimum absolute atomic E-state index is 0.0652. The van der Waals surface area contributed by atoms with Crippen LogP contribution < -0.4 is 5.32 Å². The second-order valence-corrected chi connectivity index (χ2v) is 6.81. The number of nitro groups is 1. The number of thiazole rings is 1. The first-order chi connectivity index (χ1) is 9.26. The van der Waals surface area contributed by atoms with E-state index in [-0.39, 0.29) is 16.1 Å². The van der Waals surface area contributed by atoms with Crippen LogP contribution in [-0.2, 0) is 0 Å². The molecule has 0 saturated carbocycles. The zero-order valence-electron chi connectivity index (χ0n) is 11.9. The molecule has 0 saturated heterocycles. The van der Waals surface area contributed by atoms with Gasteiger partial charge >= 0.3 is 0 Å². The molecule has 106 valence electrons. The lowest BCUT2D eigenvalue weighted by Gasteiger charge is -2.19. The van der Waals surface area contributed by atoms with E-state index in [4.69, 9.17) is 0 Å². The van der Waals surface area contributed by atoms with Crippen LogP contribution in [0.3, 0.4) is 0 Å². The number of non-ortho nitro benzene ring substituents is 1. The number of anilines is 1. The van der Waals surface area contributed by atoms with E-state index in [9.17, 15) is 10.1 Å². The summed E-state index contributed by atoms with van der Waals surface area (Å²) in [6.45, 7) is 8.17. The normalized spacial score (nSPS) is 11.4. The highest BCUT2D eigenvalue weighted by atomic mass is 32.1. The molecule has 0 aliphatic heterocycles. The number of nitrogens with zero attached hydrogens (tertiary/aromatic N) is 2. The Morgan fingerprint density at radius 2 is 2.05 bits per heavy atom. The van der Waals surface area contributed by atoms with E-state index in [1.807, 2.05) is 13.0 Å². The fourth-order valence-corrected chi connectivity index (χ4v) is 2.85. The van der Waals surface area contributed by atoms with E-state index in [0.29, 0.717) is 0 Å². The highest BCUT2D eigenvalue weighted by molar-refractivity contribution is 7.16. The number of nitrogens with one attached hydrogen (secondary N) is 1. The second kappa shape index (κ2) is 5.20. The molecule has 1 aromatic carbocycles. The van der Waals surface area contributed by atoms with Crippen LogP contribution in [0.1, 0.15) is 25.6 Å². The number of nitro benzene ring substituents is 1. The Morgan fingerprint density at radius 1 is 1.35 bits per heavy atom. The molecule has 1 aromatic heterocycles. The molecule has 0 bridgehead atoms. The average molecular weight is 291 g/mol. The summed E-state index contributed by atoms with van der Waals surface area (Å²) in [5.74, 6) is 0. The van der Waals surface area contributed by atoms with E-state index < -0.39 is 0 Å². The smallest absolute Gasteiger partial charge is 0.270 e. The van der Waals surface area contributed by atoms with Gasteiger partial charge in [-0.25, -0.2) is 4.98 Å². The van der Waals surface area contributed by atoms with Crippen LogP contribution in [-0.4, -0.2) is 15.4 Å². The second-order valence-electron chi connectivity index (χ2n) is 5.61. The maximum Gasteiger partial charge on any atom is 0.270 e. The lowest BCUT2D eigenvalue weighted by Crippen LogP contribution is -2.25. The standard InChI is InChI=1S/C14H17N3O2S/c1-9-12(15-13(20-9)16-14(2,3)4)10-6-5-7-11(8-10)17(18)19/h5-8H,1-4H3,(H,15,16). The van der Waals surface area contributed by atoms with Crippen molar-refractivity contribution in [3.05, 3.63) is 39.3 Å². The third-order valence-electron chi connectivity index (χ3n) is 2.61. The molecule has 0 unspecified atom stereocenters. The maximum absolute atomic E-state index is 10.8. The Labute approximate surface area is 121 Å². The van der Waals surface area contributed by atoms with Crippen LogP contribution >= 0.6 is 11.3 Å².